The van der Waals surface area contributed by atoms with Crippen LogP contribution in [0.2, 0.25) is 0 Å². The van der Waals surface area contributed by atoms with Gasteiger partial charge in [0, 0.05) is 38.7 Å². The van der Waals surface area contributed by atoms with Crippen LogP contribution in [0.3, 0.4) is 0 Å². The van der Waals surface area contributed by atoms with Crippen molar-refractivity contribution < 1.29 is 22.8 Å². The summed E-state index contributed by atoms with van der Waals surface area (Å²) in [6, 6.07) is 11.9. The van der Waals surface area contributed by atoms with Crippen LogP contribution in [-0.2, 0) is 14.8 Å². The van der Waals surface area contributed by atoms with Gasteiger partial charge in [0.05, 0.1) is 16.1 Å². The molecule has 10 heteroatoms. The van der Waals surface area contributed by atoms with Crippen molar-refractivity contribution in [3.8, 4) is 0 Å². The maximum Gasteiger partial charge on any atom is 0.255 e. The highest BCUT2D eigenvalue weighted by Crippen LogP contribution is 2.21. The molecule has 30 heavy (non-hydrogen) atoms. The summed E-state index contributed by atoms with van der Waals surface area (Å²) in [4.78, 5) is 37.2. The number of nitrogens with zero attached hydrogens (tertiary/aromatic N) is 2. The van der Waals surface area contributed by atoms with E-state index in [1.807, 2.05) is 0 Å². The Bertz CT molecular complexity index is 1090. The Labute approximate surface area is 174 Å². The lowest BCUT2D eigenvalue weighted by Crippen LogP contribution is -2.49. The molecule has 9 nitrogen and oxygen atoms in total. The van der Waals surface area contributed by atoms with E-state index in [1.165, 1.54) is 47.6 Å². The van der Waals surface area contributed by atoms with E-state index in [-0.39, 0.29) is 40.7 Å². The highest BCUT2D eigenvalue weighted by Gasteiger charge is 2.29. The van der Waals surface area contributed by atoms with E-state index in [4.69, 9.17) is 5.73 Å². The third-order valence-corrected chi connectivity index (χ3v) is 6.75. The van der Waals surface area contributed by atoms with E-state index in [2.05, 4.69) is 5.32 Å². The molecule has 3 amide bonds. The maximum absolute atomic E-state index is 13.0. The van der Waals surface area contributed by atoms with E-state index in [0.29, 0.717) is 13.1 Å². The molecule has 3 N–H and O–H groups in total. The Balaban J connectivity index is 1.80. The number of carbonyl (C=O) groups is 3. The number of carbonyl (C=O) groups excluding carboxylic acids is 3. The molecule has 1 fully saturated rings. The number of para-hydroxylation sites is 1. The first-order valence-electron chi connectivity index (χ1n) is 9.26. The molecule has 1 saturated heterocycles. The lowest BCUT2D eigenvalue weighted by Gasteiger charge is -2.33. The summed E-state index contributed by atoms with van der Waals surface area (Å²) < 4.78 is 27.2. The van der Waals surface area contributed by atoms with E-state index in [0.717, 1.165) is 0 Å². The third-order valence-electron chi connectivity index (χ3n) is 4.86. The zero-order chi connectivity index (χ0) is 21.9. The summed E-state index contributed by atoms with van der Waals surface area (Å²) in [5.41, 5.74) is 5.83. The molecule has 2 aromatic rings. The van der Waals surface area contributed by atoms with Crippen molar-refractivity contribution in [1.82, 2.24) is 9.21 Å². The molecule has 2 aromatic carbocycles. The molecule has 0 bridgehead atoms. The van der Waals surface area contributed by atoms with Crippen LogP contribution in [0.4, 0.5) is 5.69 Å². The molecule has 0 radical (unpaired) electrons. The number of hydrogen-bond donors (Lipinski definition) is 2. The van der Waals surface area contributed by atoms with Gasteiger partial charge in [-0.2, -0.15) is 4.31 Å². The molecule has 158 valence electrons. The first kappa shape index (κ1) is 21.5. The van der Waals surface area contributed by atoms with Gasteiger partial charge in [-0.05, 0) is 30.3 Å². The second-order valence-corrected chi connectivity index (χ2v) is 8.74. The number of primary amides is 1. The zero-order valence-electron chi connectivity index (χ0n) is 16.4. The van der Waals surface area contributed by atoms with E-state index in [1.54, 1.807) is 17.0 Å². The van der Waals surface area contributed by atoms with Gasteiger partial charge in [0.1, 0.15) is 0 Å². The minimum Gasteiger partial charge on any atom is -0.366 e. The van der Waals surface area contributed by atoms with Crippen molar-refractivity contribution in [3.63, 3.8) is 0 Å². The Kier molecular flexibility index (Phi) is 6.18. The Hall–Kier alpha value is -3.24. The summed E-state index contributed by atoms with van der Waals surface area (Å²) in [7, 11) is -3.82. The van der Waals surface area contributed by atoms with Gasteiger partial charge in [0.15, 0.2) is 0 Å². The SMILES string of the molecule is CC(=O)N1CCN(S(=O)(=O)c2cccc(C(=O)Nc3ccccc3C(N)=O)c2)CC1. The number of nitrogens with one attached hydrogen (secondary N) is 1. The summed E-state index contributed by atoms with van der Waals surface area (Å²) >= 11 is 0. The van der Waals surface area contributed by atoms with Crippen molar-refractivity contribution in [2.75, 3.05) is 31.5 Å². The molecule has 1 aliphatic heterocycles. The summed E-state index contributed by atoms with van der Waals surface area (Å²) in [5, 5.41) is 2.59. The molecule has 0 aliphatic carbocycles. The molecule has 0 atom stereocenters. The van der Waals surface area contributed by atoms with Crippen molar-refractivity contribution in [2.24, 2.45) is 5.73 Å². The molecule has 0 unspecified atom stereocenters. The summed E-state index contributed by atoms with van der Waals surface area (Å²) in [5.74, 6) is -1.35. The van der Waals surface area contributed by atoms with Crippen LogP contribution in [0.5, 0.6) is 0 Å². The third kappa shape index (κ3) is 4.50. The lowest BCUT2D eigenvalue weighted by molar-refractivity contribution is -0.129. The van der Waals surface area contributed by atoms with Gasteiger partial charge in [-0.25, -0.2) is 8.42 Å². The fourth-order valence-corrected chi connectivity index (χ4v) is 4.66. The second kappa shape index (κ2) is 8.64. The van der Waals surface area contributed by atoms with Gasteiger partial charge in [-0.3, -0.25) is 14.4 Å². The molecule has 0 saturated carbocycles. The average molecular weight is 430 g/mol. The van der Waals surface area contributed by atoms with E-state index in [9.17, 15) is 22.8 Å². The van der Waals surface area contributed by atoms with Gasteiger partial charge in [0.2, 0.25) is 15.9 Å². The quantitative estimate of drug-likeness (QED) is 0.728. The number of hydrogen-bond acceptors (Lipinski definition) is 5. The summed E-state index contributed by atoms with van der Waals surface area (Å²) in [6.07, 6.45) is 0. The van der Waals surface area contributed by atoms with E-state index >= 15 is 0 Å². The van der Waals surface area contributed by atoms with Crippen LogP contribution in [0.1, 0.15) is 27.6 Å². The molecule has 1 aliphatic rings. The second-order valence-electron chi connectivity index (χ2n) is 6.80. The van der Waals surface area contributed by atoms with Gasteiger partial charge in [0.25, 0.3) is 11.8 Å². The number of piperazine rings is 1. The number of sulfonamides is 1. The monoisotopic (exact) mass is 430 g/mol. The van der Waals surface area contributed by atoms with Crippen molar-refractivity contribution in [1.29, 1.82) is 0 Å². The molecule has 0 aromatic heterocycles. The van der Waals surface area contributed by atoms with Gasteiger partial charge >= 0.3 is 0 Å². The molecule has 3 rings (SSSR count). The molecule has 0 spiro atoms. The minimum atomic E-state index is -3.82. The van der Waals surface area contributed by atoms with Crippen molar-refractivity contribution >= 4 is 33.4 Å². The van der Waals surface area contributed by atoms with Crippen LogP contribution in [0.25, 0.3) is 0 Å². The Morgan fingerprint density at radius 1 is 0.967 bits per heavy atom. The molecular formula is C20H22N4O5S. The molecule has 1 heterocycles. The topological polar surface area (TPSA) is 130 Å². The normalized spacial score (nSPS) is 14.9. The van der Waals surface area contributed by atoms with Crippen LogP contribution in [0.15, 0.2) is 53.4 Å². The van der Waals surface area contributed by atoms with Crippen molar-refractivity contribution in [2.45, 2.75) is 11.8 Å². The van der Waals surface area contributed by atoms with Gasteiger partial charge in [-0.15, -0.1) is 0 Å². The summed E-state index contributed by atoms with van der Waals surface area (Å²) in [6.45, 7) is 2.45. The smallest absolute Gasteiger partial charge is 0.255 e. The van der Waals surface area contributed by atoms with Crippen LogP contribution in [0, 0.1) is 0 Å². The average Bonchev–Trinajstić information content (AvgIpc) is 2.74. The highest BCUT2D eigenvalue weighted by atomic mass is 32.2. The Morgan fingerprint density at radius 2 is 1.63 bits per heavy atom. The fraction of sp³-hybridized carbons (Fsp3) is 0.250. The largest absolute Gasteiger partial charge is 0.366 e. The van der Waals surface area contributed by atoms with Crippen LogP contribution in [-0.4, -0.2) is 61.5 Å². The van der Waals surface area contributed by atoms with E-state index < -0.39 is 21.8 Å². The predicted molar refractivity (Wildman–Crippen MR) is 110 cm³/mol. The zero-order valence-corrected chi connectivity index (χ0v) is 17.2. The molecular weight excluding hydrogens is 408 g/mol. The van der Waals surface area contributed by atoms with Gasteiger partial charge < -0.3 is 16.0 Å². The fourth-order valence-electron chi connectivity index (χ4n) is 3.19. The van der Waals surface area contributed by atoms with Gasteiger partial charge in [-0.1, -0.05) is 18.2 Å². The first-order valence-corrected chi connectivity index (χ1v) is 10.7. The Morgan fingerprint density at radius 3 is 2.27 bits per heavy atom. The lowest BCUT2D eigenvalue weighted by atomic mass is 10.1. The highest BCUT2D eigenvalue weighted by molar-refractivity contribution is 7.89. The van der Waals surface area contributed by atoms with Crippen LogP contribution >= 0.6 is 0 Å². The predicted octanol–water partition coefficient (Wildman–Crippen LogP) is 0.891. The standard InChI is InChI=1S/C20H22N4O5S/c1-14(25)23-9-11-24(12-10-23)30(28,29)16-6-4-5-15(13-16)20(27)22-18-8-3-2-7-17(18)19(21)26/h2-8,13H,9-12H2,1H3,(H2,21,26)(H,22,27). The first-order chi connectivity index (χ1) is 14.2. The maximum atomic E-state index is 13.0. The number of benzene rings is 2. The number of amides is 3. The number of rotatable bonds is 5. The number of nitrogens with two attached hydrogens (primary N) is 1. The number of anilines is 1. The van der Waals surface area contributed by atoms with Crippen molar-refractivity contribution in [3.05, 3.63) is 59.7 Å². The van der Waals surface area contributed by atoms with Crippen LogP contribution < -0.4 is 11.1 Å². The minimum absolute atomic E-state index is 0.0189.